The van der Waals surface area contributed by atoms with Crippen molar-refractivity contribution in [2.45, 2.75) is 72.6 Å². The number of ether oxygens (including phenoxy) is 1. The summed E-state index contributed by atoms with van der Waals surface area (Å²) in [5, 5.41) is 0. The molecule has 3 aliphatic rings. The molecule has 0 heterocycles. The smallest absolute Gasteiger partial charge is 0.302 e. The van der Waals surface area contributed by atoms with Crippen LogP contribution in [0.25, 0.3) is 0 Å². The summed E-state index contributed by atoms with van der Waals surface area (Å²) in [4.78, 5) is 14.0. The Morgan fingerprint density at radius 3 is 2.54 bits per heavy atom. The van der Waals surface area contributed by atoms with Gasteiger partial charge in [-0.25, -0.2) is 0 Å². The molecule has 0 aromatic rings. The molecule has 160 valence electrons. The lowest BCUT2D eigenvalue weighted by molar-refractivity contribution is -0.148. The normalized spacial score (nSPS) is 43.8. The van der Waals surface area contributed by atoms with Crippen molar-refractivity contribution >= 4 is 5.97 Å². The summed E-state index contributed by atoms with van der Waals surface area (Å²) in [5.74, 6) is 3.28. The van der Waals surface area contributed by atoms with Gasteiger partial charge in [0.25, 0.3) is 0 Å². The molecule has 28 heavy (non-hydrogen) atoms. The van der Waals surface area contributed by atoms with E-state index in [1.165, 1.54) is 57.1 Å². The summed E-state index contributed by atoms with van der Waals surface area (Å²) in [6.45, 7) is 15.2. The molecule has 3 fully saturated rings. The molecule has 0 radical (unpaired) electrons. The monoisotopic (exact) mass is 389 g/mol. The molecule has 2 unspecified atom stereocenters. The molecule has 0 amide bonds. The Balaban J connectivity index is 1.91. The van der Waals surface area contributed by atoms with Gasteiger partial charge < -0.3 is 9.64 Å². The van der Waals surface area contributed by atoms with Crippen LogP contribution >= 0.6 is 0 Å². The van der Waals surface area contributed by atoms with Gasteiger partial charge in [-0.15, -0.1) is 0 Å². The van der Waals surface area contributed by atoms with E-state index in [0.717, 1.165) is 11.8 Å². The number of esters is 1. The van der Waals surface area contributed by atoms with Gasteiger partial charge in [-0.2, -0.15) is 0 Å². The van der Waals surface area contributed by atoms with Crippen LogP contribution in [0.15, 0.2) is 12.2 Å². The van der Waals surface area contributed by atoms with E-state index < -0.39 is 0 Å². The molecule has 3 heteroatoms. The number of hydrogen-bond donors (Lipinski definition) is 0. The number of carbonyl (C=O) groups is 1. The SMILES string of the molecule is C=C1CCC2[C@H](CN(C)C)C([C@@]3(C)CC[C@H](C)C[C@@H]3COC(C)=O)CC[C@]12C. The zero-order valence-electron chi connectivity index (χ0n) is 19.2. The molecule has 0 N–H and O–H groups in total. The minimum absolute atomic E-state index is 0.131. The first-order chi connectivity index (χ1) is 13.1. The Morgan fingerprint density at radius 1 is 1.18 bits per heavy atom. The summed E-state index contributed by atoms with van der Waals surface area (Å²) < 4.78 is 5.59. The molecular formula is C25H43NO2. The lowest BCUT2D eigenvalue weighted by Crippen LogP contribution is -2.52. The van der Waals surface area contributed by atoms with E-state index in [0.29, 0.717) is 29.8 Å². The van der Waals surface area contributed by atoms with Gasteiger partial charge >= 0.3 is 5.97 Å². The third kappa shape index (κ3) is 3.93. The zero-order valence-corrected chi connectivity index (χ0v) is 19.2. The first-order valence-corrected chi connectivity index (χ1v) is 11.5. The fourth-order valence-corrected chi connectivity index (χ4v) is 7.29. The number of hydrogen-bond acceptors (Lipinski definition) is 3. The Morgan fingerprint density at radius 2 is 1.89 bits per heavy atom. The predicted octanol–water partition coefficient (Wildman–Crippen LogP) is 5.55. The fourth-order valence-electron chi connectivity index (χ4n) is 7.29. The third-order valence-corrected chi connectivity index (χ3v) is 9.10. The Labute approximate surface area is 173 Å². The second-order valence-electron chi connectivity index (χ2n) is 11.1. The van der Waals surface area contributed by atoms with Crippen LogP contribution in [-0.2, 0) is 9.53 Å². The summed E-state index contributed by atoms with van der Waals surface area (Å²) >= 11 is 0. The van der Waals surface area contributed by atoms with Gasteiger partial charge in [-0.3, -0.25) is 4.79 Å². The van der Waals surface area contributed by atoms with Crippen LogP contribution in [-0.4, -0.2) is 38.1 Å². The van der Waals surface area contributed by atoms with Gasteiger partial charge in [0, 0.05) is 13.5 Å². The van der Waals surface area contributed by atoms with E-state index in [1.54, 1.807) is 6.92 Å². The highest BCUT2D eigenvalue weighted by Gasteiger charge is 2.56. The highest BCUT2D eigenvalue weighted by atomic mass is 16.5. The molecule has 3 aliphatic carbocycles. The average Bonchev–Trinajstić information content (AvgIpc) is 2.91. The summed E-state index contributed by atoms with van der Waals surface area (Å²) in [6, 6.07) is 0. The first kappa shape index (κ1) is 21.9. The standard InChI is InChI=1S/C25H43NO2/c1-17-10-12-25(5,20(14-17)16-28-19(3)27)23-11-13-24(4)18(2)8-9-22(24)21(23)15-26(6)7/h17,20-23H,2,8-16H2,1,3-7H3/t17-,20+,21-,22?,23?,24+,25-/m0/s1. The maximum absolute atomic E-state index is 11.6. The van der Waals surface area contributed by atoms with Crippen LogP contribution in [0.5, 0.6) is 0 Å². The van der Waals surface area contributed by atoms with Gasteiger partial charge in [0.05, 0.1) is 6.61 Å². The van der Waals surface area contributed by atoms with E-state index in [4.69, 9.17) is 4.74 Å². The summed E-state index contributed by atoms with van der Waals surface area (Å²) in [7, 11) is 4.46. The highest BCUT2D eigenvalue weighted by Crippen LogP contribution is 2.63. The number of fused-ring (bicyclic) bond motifs is 1. The highest BCUT2D eigenvalue weighted by molar-refractivity contribution is 5.65. The van der Waals surface area contributed by atoms with Crippen molar-refractivity contribution in [3.05, 3.63) is 12.2 Å². The van der Waals surface area contributed by atoms with E-state index >= 15 is 0 Å². The topological polar surface area (TPSA) is 29.5 Å². The summed E-state index contributed by atoms with van der Waals surface area (Å²) in [5.41, 5.74) is 2.10. The quantitative estimate of drug-likeness (QED) is 0.456. The molecule has 0 aromatic heterocycles. The van der Waals surface area contributed by atoms with Crippen molar-refractivity contribution in [2.24, 2.45) is 40.4 Å². The van der Waals surface area contributed by atoms with Gasteiger partial charge in [-0.1, -0.05) is 39.3 Å². The van der Waals surface area contributed by atoms with E-state index in [-0.39, 0.29) is 11.4 Å². The Kier molecular flexibility index (Phi) is 6.35. The lowest BCUT2D eigenvalue weighted by Gasteiger charge is -2.57. The molecule has 0 spiro atoms. The summed E-state index contributed by atoms with van der Waals surface area (Å²) in [6.07, 6.45) is 8.89. The van der Waals surface area contributed by atoms with Crippen LogP contribution in [0, 0.1) is 40.4 Å². The van der Waals surface area contributed by atoms with Crippen molar-refractivity contribution in [3.63, 3.8) is 0 Å². The minimum Gasteiger partial charge on any atom is -0.466 e. The van der Waals surface area contributed by atoms with Gasteiger partial charge in [-0.05, 0) is 93.0 Å². The van der Waals surface area contributed by atoms with Crippen LogP contribution in [0.4, 0.5) is 0 Å². The third-order valence-electron chi connectivity index (χ3n) is 9.10. The van der Waals surface area contributed by atoms with Crippen molar-refractivity contribution < 1.29 is 9.53 Å². The van der Waals surface area contributed by atoms with Crippen molar-refractivity contribution in [1.29, 1.82) is 0 Å². The van der Waals surface area contributed by atoms with Gasteiger partial charge in [0.15, 0.2) is 0 Å². The largest absolute Gasteiger partial charge is 0.466 e. The van der Waals surface area contributed by atoms with Gasteiger partial charge in [0.1, 0.15) is 0 Å². The maximum Gasteiger partial charge on any atom is 0.302 e. The van der Waals surface area contributed by atoms with E-state index in [1.807, 2.05) is 0 Å². The zero-order chi connectivity index (χ0) is 20.7. The van der Waals surface area contributed by atoms with Crippen molar-refractivity contribution in [2.75, 3.05) is 27.2 Å². The predicted molar refractivity (Wildman–Crippen MR) is 116 cm³/mol. The van der Waals surface area contributed by atoms with Crippen LogP contribution in [0.3, 0.4) is 0 Å². The minimum atomic E-state index is -0.131. The Hall–Kier alpha value is -0.830. The number of nitrogens with zero attached hydrogens (tertiary/aromatic N) is 1. The molecule has 0 bridgehead atoms. The van der Waals surface area contributed by atoms with Crippen LogP contribution in [0.1, 0.15) is 72.6 Å². The molecule has 0 aromatic carbocycles. The van der Waals surface area contributed by atoms with Crippen molar-refractivity contribution in [1.82, 2.24) is 4.90 Å². The van der Waals surface area contributed by atoms with Crippen LogP contribution in [0.2, 0.25) is 0 Å². The fraction of sp³-hybridized carbons (Fsp3) is 0.880. The molecule has 0 saturated heterocycles. The molecule has 3 saturated carbocycles. The number of carbonyl (C=O) groups excluding carboxylic acids is 1. The molecule has 7 atom stereocenters. The molecule has 3 nitrogen and oxygen atoms in total. The lowest BCUT2D eigenvalue weighted by atomic mass is 9.49. The second-order valence-corrected chi connectivity index (χ2v) is 11.1. The van der Waals surface area contributed by atoms with Crippen molar-refractivity contribution in [3.8, 4) is 0 Å². The molecular weight excluding hydrogens is 346 g/mol. The van der Waals surface area contributed by atoms with E-state index in [2.05, 4.69) is 46.3 Å². The number of rotatable bonds is 5. The molecule has 3 rings (SSSR count). The van der Waals surface area contributed by atoms with E-state index in [9.17, 15) is 4.79 Å². The average molecular weight is 390 g/mol. The first-order valence-electron chi connectivity index (χ1n) is 11.5. The maximum atomic E-state index is 11.6. The second kappa shape index (κ2) is 8.13. The van der Waals surface area contributed by atoms with Crippen LogP contribution < -0.4 is 0 Å². The molecule has 0 aliphatic heterocycles. The Bertz CT molecular complexity index is 599. The van der Waals surface area contributed by atoms with Gasteiger partial charge in [0.2, 0.25) is 0 Å². The number of allylic oxidation sites excluding steroid dienone is 1.